The first kappa shape index (κ1) is 63.9. The maximum Gasteiger partial charge on any atom is 0.0545 e. The van der Waals surface area contributed by atoms with Crippen LogP contribution in [-0.2, 0) is 0 Å². The van der Waals surface area contributed by atoms with Gasteiger partial charge in [0.2, 0.25) is 0 Å². The molecule has 0 saturated heterocycles. The monoisotopic (exact) mass is 743 g/mol. The molecule has 2 unspecified atom stereocenters. The molecule has 0 aliphatic heterocycles. The molecule has 1 heteroatoms. The van der Waals surface area contributed by atoms with Crippen molar-refractivity contribution < 1.29 is 5.11 Å². The summed E-state index contributed by atoms with van der Waals surface area (Å²) in [7, 11) is 0. The second-order valence-corrected chi connectivity index (χ2v) is 21.7. The molecule has 0 aliphatic rings. The highest BCUT2D eigenvalue weighted by Crippen LogP contribution is 2.19. The predicted octanol–water partition coefficient (Wildman–Crippen LogP) is 18.3. The van der Waals surface area contributed by atoms with Gasteiger partial charge in [0.1, 0.15) is 0 Å². The van der Waals surface area contributed by atoms with E-state index in [2.05, 4.69) is 180 Å². The Morgan fingerprint density at radius 3 is 0.577 bits per heavy atom. The van der Waals surface area contributed by atoms with Gasteiger partial charge in [-0.2, -0.15) is 0 Å². The van der Waals surface area contributed by atoms with Crippen molar-refractivity contribution in [3.8, 4) is 0 Å². The molecule has 0 amide bonds. The molecule has 1 nitrogen and oxygen atoms in total. The first-order valence-corrected chi connectivity index (χ1v) is 23.2. The summed E-state index contributed by atoms with van der Waals surface area (Å²) in [5, 5.41) is 9.39. The van der Waals surface area contributed by atoms with E-state index in [1.807, 2.05) is 0 Å². The van der Waals surface area contributed by atoms with Gasteiger partial charge >= 0.3 is 0 Å². The Kier molecular flexibility index (Phi) is 51.7. The van der Waals surface area contributed by atoms with Gasteiger partial charge in [0, 0.05) is 0 Å². The van der Waals surface area contributed by atoms with Crippen molar-refractivity contribution in [3.05, 3.63) is 0 Å². The van der Waals surface area contributed by atoms with Crippen LogP contribution in [0, 0.1) is 82.9 Å². The van der Waals surface area contributed by atoms with Crippen molar-refractivity contribution >= 4 is 0 Å². The molecule has 0 fully saturated rings. The largest absolute Gasteiger partial charge is 0.393 e. The van der Waals surface area contributed by atoms with E-state index in [9.17, 15) is 5.11 Å². The molecule has 0 aromatic carbocycles. The molecule has 0 heterocycles. The highest BCUT2D eigenvalue weighted by Gasteiger charge is 2.09. The maximum atomic E-state index is 9.39. The van der Waals surface area contributed by atoms with Crippen LogP contribution in [0.15, 0.2) is 0 Å². The highest BCUT2D eigenvalue weighted by atomic mass is 16.3. The molecule has 324 valence electrons. The fourth-order valence-electron chi connectivity index (χ4n) is 5.76. The third-order valence-electron chi connectivity index (χ3n) is 9.28. The molecule has 2 atom stereocenters. The average molecular weight is 743 g/mol. The van der Waals surface area contributed by atoms with E-state index in [1.165, 1.54) is 51.4 Å². The minimum Gasteiger partial charge on any atom is -0.393 e. The lowest BCUT2D eigenvalue weighted by Gasteiger charge is -2.16. The summed E-state index contributed by atoms with van der Waals surface area (Å²) in [6.07, 6.45) is 12.9. The smallest absolute Gasteiger partial charge is 0.0545 e. The Morgan fingerprint density at radius 1 is 0.250 bits per heavy atom. The molecular weight excluding hydrogens is 629 g/mol. The van der Waals surface area contributed by atoms with Crippen molar-refractivity contribution in [2.24, 2.45) is 82.9 Å². The zero-order valence-corrected chi connectivity index (χ0v) is 42.2. The summed E-state index contributed by atoms with van der Waals surface area (Å²) in [5.41, 5.74) is 0. The number of hydrogen-bond acceptors (Lipinski definition) is 1. The van der Waals surface area contributed by atoms with E-state index >= 15 is 0 Å². The highest BCUT2D eigenvalue weighted by molar-refractivity contribution is 4.61. The van der Waals surface area contributed by atoms with Crippen molar-refractivity contribution in [1.29, 1.82) is 0 Å². The molecule has 0 saturated carbocycles. The molecule has 0 bridgehead atoms. The van der Waals surface area contributed by atoms with Gasteiger partial charge in [-0.05, 0) is 115 Å². The van der Waals surface area contributed by atoms with Gasteiger partial charge in [0.25, 0.3) is 0 Å². The lowest BCUT2D eigenvalue weighted by molar-refractivity contribution is 0.125. The quantitative estimate of drug-likeness (QED) is 0.140. The molecule has 0 aromatic rings. The number of hydrogen-bond donors (Lipinski definition) is 1. The van der Waals surface area contributed by atoms with Crippen LogP contribution < -0.4 is 0 Å². The predicted molar refractivity (Wildman–Crippen MR) is 249 cm³/mol. The van der Waals surface area contributed by atoms with Crippen LogP contribution in [0.25, 0.3) is 0 Å². The summed E-state index contributed by atoms with van der Waals surface area (Å²) in [4.78, 5) is 0. The minimum absolute atomic E-state index is 0.0833. The summed E-state index contributed by atoms with van der Waals surface area (Å²) in [6.45, 7) is 58.9. The third kappa shape index (κ3) is 78.9. The van der Waals surface area contributed by atoms with Crippen LogP contribution in [-0.4, -0.2) is 11.2 Å². The normalized spacial score (nSPS) is 12.7. The van der Waals surface area contributed by atoms with E-state index in [0.717, 1.165) is 83.9 Å². The van der Waals surface area contributed by atoms with Crippen molar-refractivity contribution in [3.63, 3.8) is 0 Å². The Hall–Kier alpha value is -0.0400. The van der Waals surface area contributed by atoms with Gasteiger partial charge in [-0.25, -0.2) is 0 Å². The fraction of sp³-hybridized carbons (Fsp3) is 1.00. The summed E-state index contributed by atoms with van der Waals surface area (Å²) < 4.78 is 0. The SMILES string of the molecule is CC(C)CC(C)C.CC(C)CC(C)C(C)C.CC(C)CC(C)C(C)C.CC(C)CC(O)CC(C)C.CC(C)CCC(C)C.CC(C)CCCC(C)C. The number of aliphatic hydroxyl groups excluding tert-OH is 1. The van der Waals surface area contributed by atoms with Gasteiger partial charge in [0.15, 0.2) is 0 Å². The van der Waals surface area contributed by atoms with Crippen LogP contribution in [0.1, 0.15) is 244 Å². The van der Waals surface area contributed by atoms with E-state index < -0.39 is 0 Å². The molecule has 52 heavy (non-hydrogen) atoms. The Morgan fingerprint density at radius 2 is 0.462 bits per heavy atom. The lowest BCUT2D eigenvalue weighted by Crippen LogP contribution is -2.12. The first-order valence-electron chi connectivity index (χ1n) is 23.2. The summed E-state index contributed by atoms with van der Waals surface area (Å²) >= 11 is 0. The van der Waals surface area contributed by atoms with Crippen LogP contribution in [0.5, 0.6) is 0 Å². The Bertz CT molecular complexity index is 567. The lowest BCUT2D eigenvalue weighted by atomic mass is 9.90. The second kappa shape index (κ2) is 42.1. The average Bonchev–Trinajstić information content (AvgIpc) is 2.90. The topological polar surface area (TPSA) is 20.2 Å². The molecule has 0 rings (SSSR count). The summed E-state index contributed by atoms with van der Waals surface area (Å²) in [5.74, 6) is 11.8. The van der Waals surface area contributed by atoms with Crippen LogP contribution in [0.2, 0.25) is 0 Å². The van der Waals surface area contributed by atoms with Crippen LogP contribution in [0.3, 0.4) is 0 Å². The Balaban J connectivity index is -0.000000122. The van der Waals surface area contributed by atoms with E-state index in [1.54, 1.807) is 0 Å². The summed E-state index contributed by atoms with van der Waals surface area (Å²) in [6, 6.07) is 0. The van der Waals surface area contributed by atoms with Gasteiger partial charge in [-0.1, -0.05) is 212 Å². The first-order chi connectivity index (χ1) is 23.5. The standard InChI is InChI=1S/C9H20O.3C9H20.C8H18.C7H16/c1-7(2)5-9(10)6-8(3)4;2*1-7(2)6-9(5)8(3)4;1-8(2)6-5-7-9(3)4;1-7(2)5-6-8(3)4;1-6(2)5-7(3)4/h7-10H,5-6H2,1-4H3;2*7-9H,6H2,1-5H3;8-9H,5-7H2,1-4H3;7-8H,5-6H2,1-4H3;6-7H,5H2,1-4H3. The fourth-order valence-corrected chi connectivity index (χ4v) is 5.76. The van der Waals surface area contributed by atoms with Crippen molar-refractivity contribution in [2.45, 2.75) is 250 Å². The molecule has 1 N–H and O–H groups in total. The van der Waals surface area contributed by atoms with E-state index in [-0.39, 0.29) is 6.10 Å². The zero-order valence-electron chi connectivity index (χ0n) is 42.2. The Labute approximate surface area is 337 Å². The number of rotatable bonds is 19. The molecular formula is C51H114O. The molecule has 0 aromatic heterocycles. The van der Waals surface area contributed by atoms with Gasteiger partial charge in [0.05, 0.1) is 6.10 Å². The van der Waals surface area contributed by atoms with Crippen LogP contribution >= 0.6 is 0 Å². The molecule has 0 aliphatic carbocycles. The zero-order chi connectivity index (χ0) is 42.7. The second-order valence-electron chi connectivity index (χ2n) is 21.7. The molecule has 0 radical (unpaired) electrons. The third-order valence-corrected chi connectivity index (χ3v) is 9.28. The van der Waals surface area contributed by atoms with E-state index in [0.29, 0.717) is 11.8 Å². The minimum atomic E-state index is -0.0833. The number of aliphatic hydroxyl groups is 1. The van der Waals surface area contributed by atoms with E-state index in [4.69, 9.17) is 0 Å². The maximum absolute atomic E-state index is 9.39. The van der Waals surface area contributed by atoms with Gasteiger partial charge in [-0.15, -0.1) is 0 Å². The van der Waals surface area contributed by atoms with Crippen molar-refractivity contribution in [1.82, 2.24) is 0 Å². The van der Waals surface area contributed by atoms with Gasteiger partial charge < -0.3 is 5.11 Å². The van der Waals surface area contributed by atoms with Crippen molar-refractivity contribution in [2.75, 3.05) is 0 Å². The van der Waals surface area contributed by atoms with Crippen LogP contribution in [0.4, 0.5) is 0 Å². The molecule has 0 spiro atoms. The van der Waals surface area contributed by atoms with Gasteiger partial charge in [-0.3, -0.25) is 0 Å².